The van der Waals surface area contributed by atoms with Gasteiger partial charge in [0.15, 0.2) is 0 Å². The Morgan fingerprint density at radius 2 is 2.00 bits per heavy atom. The van der Waals surface area contributed by atoms with Crippen LogP contribution in [-0.2, 0) is 6.42 Å². The fourth-order valence-electron chi connectivity index (χ4n) is 3.52. The number of rotatable bonds is 6. The van der Waals surface area contributed by atoms with Gasteiger partial charge in [-0.15, -0.1) is 0 Å². The van der Waals surface area contributed by atoms with Crippen molar-refractivity contribution < 1.29 is 0 Å². The molecule has 1 aromatic carbocycles. The summed E-state index contributed by atoms with van der Waals surface area (Å²) in [6, 6.07) is 11.6. The minimum absolute atomic E-state index is 0.728. The lowest BCUT2D eigenvalue weighted by Crippen LogP contribution is -2.35. The van der Waals surface area contributed by atoms with E-state index in [0.29, 0.717) is 0 Å². The lowest BCUT2D eigenvalue weighted by atomic mass is 9.87. The zero-order chi connectivity index (χ0) is 12.8. The molecule has 100 valence electrons. The molecule has 0 radical (unpaired) electrons. The summed E-state index contributed by atoms with van der Waals surface area (Å²) in [4.78, 5) is 0. The van der Waals surface area contributed by atoms with Crippen LogP contribution in [0.1, 0.15) is 44.6 Å². The highest BCUT2D eigenvalue weighted by molar-refractivity contribution is 5.14. The van der Waals surface area contributed by atoms with Crippen molar-refractivity contribution >= 4 is 0 Å². The molecule has 0 aromatic heterocycles. The quantitative estimate of drug-likeness (QED) is 0.798. The second-order valence-electron chi connectivity index (χ2n) is 5.85. The zero-order valence-corrected chi connectivity index (χ0v) is 11.9. The van der Waals surface area contributed by atoms with E-state index >= 15 is 0 Å². The van der Waals surface area contributed by atoms with E-state index in [9.17, 15) is 0 Å². The third-order valence-electron chi connectivity index (χ3n) is 4.64. The first-order valence-corrected chi connectivity index (χ1v) is 7.52. The monoisotopic (exact) mass is 245 g/mol. The number of nitrogens with one attached hydrogen (secondary N) is 1. The van der Waals surface area contributed by atoms with Crippen molar-refractivity contribution in [2.24, 2.45) is 11.8 Å². The van der Waals surface area contributed by atoms with Gasteiger partial charge >= 0.3 is 0 Å². The van der Waals surface area contributed by atoms with E-state index in [1.54, 1.807) is 0 Å². The van der Waals surface area contributed by atoms with E-state index in [0.717, 1.165) is 17.9 Å². The summed E-state index contributed by atoms with van der Waals surface area (Å²) >= 11 is 0. The van der Waals surface area contributed by atoms with Gasteiger partial charge in [0, 0.05) is 6.04 Å². The Morgan fingerprint density at radius 3 is 2.61 bits per heavy atom. The molecule has 0 aliphatic heterocycles. The molecule has 18 heavy (non-hydrogen) atoms. The highest BCUT2D eigenvalue weighted by Crippen LogP contribution is 2.35. The molecule has 2 rings (SSSR count). The molecule has 1 aromatic rings. The fourth-order valence-corrected chi connectivity index (χ4v) is 3.52. The SMILES string of the molecule is CNC(CCCc1ccccc1)C1CCCC1C. The maximum absolute atomic E-state index is 3.56. The van der Waals surface area contributed by atoms with Crippen LogP contribution >= 0.6 is 0 Å². The third-order valence-corrected chi connectivity index (χ3v) is 4.64. The van der Waals surface area contributed by atoms with Gasteiger partial charge in [-0.1, -0.05) is 50.1 Å². The summed E-state index contributed by atoms with van der Waals surface area (Å²) in [5.74, 6) is 1.82. The normalized spacial score (nSPS) is 25.2. The molecule has 0 spiro atoms. The predicted molar refractivity (Wildman–Crippen MR) is 78.7 cm³/mol. The minimum Gasteiger partial charge on any atom is -0.317 e. The molecule has 0 saturated heterocycles. The van der Waals surface area contributed by atoms with Crippen molar-refractivity contribution in [3.63, 3.8) is 0 Å². The fraction of sp³-hybridized carbons (Fsp3) is 0.647. The molecule has 0 bridgehead atoms. The summed E-state index contributed by atoms with van der Waals surface area (Å²) in [6.45, 7) is 2.43. The maximum atomic E-state index is 3.56. The van der Waals surface area contributed by atoms with Gasteiger partial charge in [0.05, 0.1) is 0 Å². The summed E-state index contributed by atoms with van der Waals surface area (Å²) < 4.78 is 0. The van der Waals surface area contributed by atoms with E-state index in [2.05, 4.69) is 49.6 Å². The van der Waals surface area contributed by atoms with Gasteiger partial charge in [0.1, 0.15) is 0 Å². The highest BCUT2D eigenvalue weighted by Gasteiger charge is 2.29. The Labute approximate surface area is 112 Å². The lowest BCUT2D eigenvalue weighted by molar-refractivity contribution is 0.292. The maximum Gasteiger partial charge on any atom is 0.00949 e. The first kappa shape index (κ1) is 13.6. The van der Waals surface area contributed by atoms with Gasteiger partial charge in [-0.25, -0.2) is 0 Å². The standard InChI is InChI=1S/C17H27N/c1-14-8-6-12-16(14)17(18-2)13-7-11-15-9-4-3-5-10-15/h3-5,9-10,14,16-18H,6-8,11-13H2,1-2H3. The first-order valence-electron chi connectivity index (χ1n) is 7.52. The van der Waals surface area contributed by atoms with Crippen molar-refractivity contribution in [1.29, 1.82) is 0 Å². The lowest BCUT2D eigenvalue weighted by Gasteiger charge is -2.26. The van der Waals surface area contributed by atoms with Gasteiger partial charge < -0.3 is 5.32 Å². The Hall–Kier alpha value is -0.820. The van der Waals surface area contributed by atoms with Crippen LogP contribution in [0, 0.1) is 11.8 Å². The molecule has 1 aliphatic rings. The minimum atomic E-state index is 0.728. The van der Waals surface area contributed by atoms with Crippen LogP contribution in [-0.4, -0.2) is 13.1 Å². The highest BCUT2D eigenvalue weighted by atomic mass is 14.9. The summed E-state index contributed by atoms with van der Waals surface area (Å²) in [5.41, 5.74) is 1.48. The van der Waals surface area contributed by atoms with E-state index in [-0.39, 0.29) is 0 Å². The molecule has 1 saturated carbocycles. The summed E-state index contributed by atoms with van der Waals surface area (Å²) in [5, 5.41) is 3.56. The van der Waals surface area contributed by atoms with E-state index in [4.69, 9.17) is 0 Å². The molecule has 0 heterocycles. The number of benzene rings is 1. The van der Waals surface area contributed by atoms with Gasteiger partial charge in [-0.2, -0.15) is 0 Å². The molecule has 1 heteroatoms. The average Bonchev–Trinajstić information content (AvgIpc) is 2.82. The van der Waals surface area contributed by atoms with Crippen molar-refractivity contribution in [3.8, 4) is 0 Å². The largest absolute Gasteiger partial charge is 0.317 e. The Morgan fingerprint density at radius 1 is 1.22 bits per heavy atom. The van der Waals surface area contributed by atoms with E-state index in [1.165, 1.54) is 44.1 Å². The van der Waals surface area contributed by atoms with Gasteiger partial charge in [-0.3, -0.25) is 0 Å². The molecule has 3 atom stereocenters. The molecule has 0 amide bonds. The van der Waals surface area contributed by atoms with E-state index in [1.807, 2.05) is 0 Å². The number of hydrogen-bond acceptors (Lipinski definition) is 1. The third kappa shape index (κ3) is 3.58. The van der Waals surface area contributed by atoms with Crippen LogP contribution in [0.3, 0.4) is 0 Å². The predicted octanol–water partition coefficient (Wildman–Crippen LogP) is 4.03. The van der Waals surface area contributed by atoms with Crippen molar-refractivity contribution in [1.82, 2.24) is 5.32 Å². The van der Waals surface area contributed by atoms with Crippen LogP contribution in [0.15, 0.2) is 30.3 Å². The summed E-state index contributed by atoms with van der Waals surface area (Å²) in [7, 11) is 2.14. The zero-order valence-electron chi connectivity index (χ0n) is 11.9. The Bertz CT molecular complexity index is 333. The number of aryl methyl sites for hydroxylation is 1. The molecular formula is C17H27N. The number of hydrogen-bond donors (Lipinski definition) is 1. The Balaban J connectivity index is 1.77. The summed E-state index contributed by atoms with van der Waals surface area (Å²) in [6.07, 6.45) is 8.14. The molecular weight excluding hydrogens is 218 g/mol. The molecule has 1 nitrogen and oxygen atoms in total. The van der Waals surface area contributed by atoms with Crippen LogP contribution in [0.5, 0.6) is 0 Å². The second kappa shape index (κ2) is 6.94. The topological polar surface area (TPSA) is 12.0 Å². The van der Waals surface area contributed by atoms with Crippen LogP contribution in [0.4, 0.5) is 0 Å². The van der Waals surface area contributed by atoms with Crippen molar-refractivity contribution in [3.05, 3.63) is 35.9 Å². The molecule has 1 aliphatic carbocycles. The van der Waals surface area contributed by atoms with Gasteiger partial charge in [-0.05, 0) is 50.1 Å². The Kier molecular flexibility index (Phi) is 5.25. The second-order valence-corrected chi connectivity index (χ2v) is 5.85. The van der Waals surface area contributed by atoms with Crippen molar-refractivity contribution in [2.45, 2.75) is 51.5 Å². The van der Waals surface area contributed by atoms with Gasteiger partial charge in [0.2, 0.25) is 0 Å². The molecule has 1 fully saturated rings. The van der Waals surface area contributed by atoms with Crippen molar-refractivity contribution in [2.75, 3.05) is 7.05 Å². The van der Waals surface area contributed by atoms with Crippen LogP contribution < -0.4 is 5.32 Å². The first-order chi connectivity index (χ1) is 8.81. The van der Waals surface area contributed by atoms with Gasteiger partial charge in [0.25, 0.3) is 0 Å². The van der Waals surface area contributed by atoms with Crippen LogP contribution in [0.25, 0.3) is 0 Å². The molecule has 1 N–H and O–H groups in total. The average molecular weight is 245 g/mol. The van der Waals surface area contributed by atoms with E-state index < -0.39 is 0 Å². The smallest absolute Gasteiger partial charge is 0.00949 e. The van der Waals surface area contributed by atoms with Crippen LogP contribution in [0.2, 0.25) is 0 Å². The molecule has 3 unspecified atom stereocenters.